The smallest absolute Gasteiger partial charge is 0.414 e. The van der Waals surface area contributed by atoms with Gasteiger partial charge >= 0.3 is 6.09 Å². The molecule has 0 N–H and O–H groups in total. The number of hydrogen-bond donors (Lipinski definition) is 0. The Labute approximate surface area is 120 Å². The summed E-state index contributed by atoms with van der Waals surface area (Å²) >= 11 is 0. The highest BCUT2D eigenvalue weighted by molar-refractivity contribution is 5.90. The van der Waals surface area contributed by atoms with Crippen LogP contribution in [0, 0.1) is 0 Å². The molecule has 0 aliphatic carbocycles. The van der Waals surface area contributed by atoms with Crippen LogP contribution in [-0.4, -0.2) is 24.8 Å². The Morgan fingerprint density at radius 2 is 2.10 bits per heavy atom. The van der Waals surface area contributed by atoms with Crippen LogP contribution >= 0.6 is 0 Å². The molecule has 1 aliphatic heterocycles. The molecule has 110 valence electrons. The van der Waals surface area contributed by atoms with Crippen LogP contribution < -0.4 is 9.64 Å². The number of fused-ring (bicyclic) bond motifs is 1. The first kappa shape index (κ1) is 14.7. The van der Waals surface area contributed by atoms with Crippen LogP contribution in [0.1, 0.15) is 39.7 Å². The number of benzene rings is 1. The molecule has 0 bridgehead atoms. The van der Waals surface area contributed by atoms with Crippen LogP contribution in [0.3, 0.4) is 0 Å². The number of nitrogens with zero attached hydrogens (tertiary/aromatic N) is 1. The van der Waals surface area contributed by atoms with Gasteiger partial charge < -0.3 is 9.47 Å². The minimum Gasteiger partial charge on any atom is -0.494 e. The van der Waals surface area contributed by atoms with Crippen LogP contribution in [0.4, 0.5) is 10.5 Å². The van der Waals surface area contributed by atoms with Crippen LogP contribution in [0.2, 0.25) is 0 Å². The van der Waals surface area contributed by atoms with Crippen molar-refractivity contribution in [1.29, 1.82) is 0 Å². The summed E-state index contributed by atoms with van der Waals surface area (Å²) < 4.78 is 11.1. The molecule has 0 spiro atoms. The summed E-state index contributed by atoms with van der Waals surface area (Å²) in [5.74, 6) is 0.873. The molecule has 0 aromatic heterocycles. The van der Waals surface area contributed by atoms with Crippen molar-refractivity contribution in [3.63, 3.8) is 0 Å². The zero-order valence-electron chi connectivity index (χ0n) is 12.7. The van der Waals surface area contributed by atoms with E-state index in [-0.39, 0.29) is 6.09 Å². The van der Waals surface area contributed by atoms with E-state index in [4.69, 9.17) is 9.47 Å². The Kier molecular flexibility index (Phi) is 4.21. The number of hydrogen-bond acceptors (Lipinski definition) is 3. The van der Waals surface area contributed by atoms with Gasteiger partial charge in [-0.25, -0.2) is 4.79 Å². The third kappa shape index (κ3) is 3.24. The quantitative estimate of drug-likeness (QED) is 0.826. The first-order chi connectivity index (χ1) is 9.42. The fraction of sp³-hybridized carbons (Fsp3) is 0.562. The van der Waals surface area contributed by atoms with Crippen LogP contribution in [0.5, 0.6) is 5.75 Å². The van der Waals surface area contributed by atoms with Gasteiger partial charge in [-0.2, -0.15) is 0 Å². The van der Waals surface area contributed by atoms with Crippen molar-refractivity contribution in [3.05, 3.63) is 23.8 Å². The first-order valence-corrected chi connectivity index (χ1v) is 7.17. The van der Waals surface area contributed by atoms with Gasteiger partial charge in [-0.15, -0.1) is 0 Å². The molecule has 0 atom stereocenters. The largest absolute Gasteiger partial charge is 0.494 e. The Bertz CT molecular complexity index is 491. The van der Waals surface area contributed by atoms with Gasteiger partial charge in [0, 0.05) is 12.1 Å². The van der Waals surface area contributed by atoms with E-state index in [2.05, 4.69) is 0 Å². The van der Waals surface area contributed by atoms with Gasteiger partial charge in [0.05, 0.1) is 12.3 Å². The van der Waals surface area contributed by atoms with Gasteiger partial charge in [0.15, 0.2) is 0 Å². The summed E-state index contributed by atoms with van der Waals surface area (Å²) in [6, 6.07) is 5.84. The summed E-state index contributed by atoms with van der Waals surface area (Å²) in [6.45, 7) is 8.93. The summed E-state index contributed by atoms with van der Waals surface area (Å²) in [5, 5.41) is 0. The molecule has 1 aromatic rings. The molecular formula is C16H23NO3. The van der Waals surface area contributed by atoms with E-state index in [0.717, 1.165) is 29.8 Å². The Morgan fingerprint density at radius 1 is 1.35 bits per heavy atom. The second-order valence-electron chi connectivity index (χ2n) is 5.92. The minimum atomic E-state index is -0.480. The third-order valence-corrected chi connectivity index (χ3v) is 3.12. The second-order valence-corrected chi connectivity index (χ2v) is 5.92. The standard InChI is InChI=1S/C16H23NO3/c1-5-19-14-10-6-9-13-12(14)8-7-11-17(13)15(18)20-16(2,3)4/h6,9-10H,5,7-8,11H2,1-4H3. The second kappa shape index (κ2) is 5.73. The maximum absolute atomic E-state index is 12.3. The maximum atomic E-state index is 12.3. The molecule has 1 aliphatic rings. The summed E-state index contributed by atoms with van der Waals surface area (Å²) in [7, 11) is 0. The van der Waals surface area contributed by atoms with E-state index in [9.17, 15) is 4.79 Å². The van der Waals surface area contributed by atoms with Crippen molar-refractivity contribution in [1.82, 2.24) is 0 Å². The Morgan fingerprint density at radius 3 is 2.75 bits per heavy atom. The van der Waals surface area contributed by atoms with E-state index in [1.807, 2.05) is 45.9 Å². The van der Waals surface area contributed by atoms with Crippen LogP contribution in [0.15, 0.2) is 18.2 Å². The lowest BCUT2D eigenvalue weighted by Crippen LogP contribution is -2.39. The molecule has 2 rings (SSSR count). The molecule has 20 heavy (non-hydrogen) atoms. The molecule has 0 saturated heterocycles. The highest BCUT2D eigenvalue weighted by atomic mass is 16.6. The van der Waals surface area contributed by atoms with E-state index in [1.165, 1.54) is 0 Å². The lowest BCUT2D eigenvalue weighted by molar-refractivity contribution is 0.0578. The molecule has 0 unspecified atom stereocenters. The topological polar surface area (TPSA) is 38.8 Å². The minimum absolute atomic E-state index is 0.285. The van der Waals surface area contributed by atoms with Gasteiger partial charge in [-0.1, -0.05) is 6.07 Å². The fourth-order valence-electron chi connectivity index (χ4n) is 2.39. The zero-order chi connectivity index (χ0) is 14.8. The predicted octanol–water partition coefficient (Wildman–Crippen LogP) is 3.77. The number of ether oxygens (including phenoxy) is 2. The number of rotatable bonds is 2. The van der Waals surface area contributed by atoms with Gasteiger partial charge in [-0.3, -0.25) is 4.90 Å². The van der Waals surface area contributed by atoms with Gasteiger partial charge in [0.25, 0.3) is 0 Å². The molecule has 1 heterocycles. The van der Waals surface area contributed by atoms with Crippen molar-refractivity contribution in [2.45, 2.75) is 46.1 Å². The molecule has 1 aromatic carbocycles. The van der Waals surface area contributed by atoms with Crippen LogP contribution in [0.25, 0.3) is 0 Å². The first-order valence-electron chi connectivity index (χ1n) is 7.17. The Balaban J connectivity index is 2.28. The van der Waals surface area contributed by atoms with Gasteiger partial charge in [-0.05, 0) is 52.7 Å². The van der Waals surface area contributed by atoms with Crippen molar-refractivity contribution in [2.24, 2.45) is 0 Å². The third-order valence-electron chi connectivity index (χ3n) is 3.12. The van der Waals surface area contributed by atoms with Crippen molar-refractivity contribution in [3.8, 4) is 5.75 Å². The average molecular weight is 277 g/mol. The molecule has 0 radical (unpaired) electrons. The van der Waals surface area contributed by atoms with Crippen LogP contribution in [-0.2, 0) is 11.2 Å². The summed E-state index contributed by atoms with van der Waals surface area (Å²) in [6.07, 6.45) is 1.58. The lowest BCUT2D eigenvalue weighted by atomic mass is 10.0. The fourth-order valence-corrected chi connectivity index (χ4v) is 2.39. The van der Waals surface area contributed by atoms with Gasteiger partial charge in [0.1, 0.15) is 11.4 Å². The molecule has 4 nitrogen and oxygen atoms in total. The van der Waals surface area contributed by atoms with E-state index in [1.54, 1.807) is 4.90 Å². The summed E-state index contributed by atoms with van der Waals surface area (Å²) in [4.78, 5) is 14.0. The number of carbonyl (C=O) groups excluding carboxylic acids is 1. The molecule has 1 amide bonds. The van der Waals surface area contributed by atoms with Crippen molar-refractivity contribution < 1.29 is 14.3 Å². The van der Waals surface area contributed by atoms with E-state index in [0.29, 0.717) is 13.2 Å². The number of anilines is 1. The highest BCUT2D eigenvalue weighted by Crippen LogP contribution is 2.35. The summed E-state index contributed by atoms with van der Waals surface area (Å²) in [5.41, 5.74) is 1.54. The molecule has 0 saturated carbocycles. The van der Waals surface area contributed by atoms with Crippen molar-refractivity contribution >= 4 is 11.8 Å². The SMILES string of the molecule is CCOc1cccc2c1CCCN2C(=O)OC(C)(C)C. The molecular weight excluding hydrogens is 254 g/mol. The maximum Gasteiger partial charge on any atom is 0.414 e. The monoisotopic (exact) mass is 277 g/mol. The van der Waals surface area contributed by atoms with Crippen molar-refractivity contribution in [2.75, 3.05) is 18.1 Å². The van der Waals surface area contributed by atoms with E-state index < -0.39 is 5.60 Å². The molecule has 0 fully saturated rings. The zero-order valence-corrected chi connectivity index (χ0v) is 12.7. The number of carbonyl (C=O) groups is 1. The predicted molar refractivity (Wildman–Crippen MR) is 79.5 cm³/mol. The number of amides is 1. The van der Waals surface area contributed by atoms with Gasteiger partial charge in [0.2, 0.25) is 0 Å². The lowest BCUT2D eigenvalue weighted by Gasteiger charge is -2.32. The average Bonchev–Trinajstić information content (AvgIpc) is 2.37. The Hall–Kier alpha value is -1.71. The normalized spacial score (nSPS) is 14.7. The molecule has 4 heteroatoms. The van der Waals surface area contributed by atoms with E-state index >= 15 is 0 Å². The highest BCUT2D eigenvalue weighted by Gasteiger charge is 2.28.